The van der Waals surface area contributed by atoms with Gasteiger partial charge in [-0.2, -0.15) is 0 Å². The van der Waals surface area contributed by atoms with E-state index in [4.69, 9.17) is 16.3 Å². The van der Waals surface area contributed by atoms with Crippen LogP contribution in [0.2, 0.25) is 5.02 Å². The van der Waals surface area contributed by atoms with Gasteiger partial charge in [-0.25, -0.2) is 13.8 Å². The predicted octanol–water partition coefficient (Wildman–Crippen LogP) is 2.72. The van der Waals surface area contributed by atoms with E-state index in [2.05, 4.69) is 20.6 Å². The van der Waals surface area contributed by atoms with Crippen LogP contribution < -0.4 is 15.4 Å². The lowest BCUT2D eigenvalue weighted by Crippen LogP contribution is -2.52. The molecule has 1 aliphatic heterocycles. The Morgan fingerprint density at radius 3 is 2.70 bits per heavy atom. The zero-order valence-electron chi connectivity index (χ0n) is 17.3. The number of amides is 2. The van der Waals surface area contributed by atoms with E-state index in [1.54, 1.807) is 18.2 Å². The molecule has 2 heterocycles. The summed E-state index contributed by atoms with van der Waals surface area (Å²) in [5, 5.41) is 16.8. The van der Waals surface area contributed by atoms with Gasteiger partial charge in [-0.3, -0.25) is 14.6 Å². The second kappa shape index (κ2) is 8.18. The number of ether oxygens (including phenoxy) is 1. The molecule has 0 spiro atoms. The summed E-state index contributed by atoms with van der Waals surface area (Å²) in [6.45, 7) is 0. The smallest absolute Gasteiger partial charge is 0.281 e. The average Bonchev–Trinajstić information content (AvgIpc) is 3.27. The Morgan fingerprint density at radius 2 is 2.00 bits per heavy atom. The normalized spacial score (nSPS) is 29.6. The summed E-state index contributed by atoms with van der Waals surface area (Å²) in [6.07, 6.45) is -0.462. The molecule has 4 aliphatic rings. The SMILES string of the molecule is O=C(NC12CC(C1)C(NC(=O)C1CC(O)c3cc(Cl)ccc3O1)C2)c1cnc(C(F)F)cn1. The van der Waals surface area contributed by atoms with Gasteiger partial charge in [0.1, 0.15) is 17.1 Å². The van der Waals surface area contributed by atoms with Crippen molar-refractivity contribution in [1.29, 1.82) is 0 Å². The number of halogens is 3. The first-order valence-corrected chi connectivity index (χ1v) is 11.0. The molecule has 0 saturated heterocycles. The summed E-state index contributed by atoms with van der Waals surface area (Å²) >= 11 is 5.97. The Balaban J connectivity index is 1.18. The zero-order valence-corrected chi connectivity index (χ0v) is 18.1. The van der Waals surface area contributed by atoms with Crippen LogP contribution in [0.1, 0.15) is 60.0 Å². The third-order valence-corrected chi connectivity index (χ3v) is 6.88. The van der Waals surface area contributed by atoms with Gasteiger partial charge in [-0.1, -0.05) is 11.6 Å². The predicted molar refractivity (Wildman–Crippen MR) is 112 cm³/mol. The Hall–Kier alpha value is -2.85. The van der Waals surface area contributed by atoms with Crippen molar-refractivity contribution in [3.8, 4) is 5.75 Å². The molecule has 2 amide bonds. The van der Waals surface area contributed by atoms with Crippen molar-refractivity contribution in [3.05, 3.63) is 52.6 Å². The Labute approximate surface area is 192 Å². The van der Waals surface area contributed by atoms with E-state index in [9.17, 15) is 23.5 Å². The summed E-state index contributed by atoms with van der Waals surface area (Å²) in [5.41, 5.74) is -0.439. The number of nitrogens with one attached hydrogen (secondary N) is 2. The largest absolute Gasteiger partial charge is 0.480 e. The highest BCUT2D eigenvalue weighted by Crippen LogP contribution is 2.52. The van der Waals surface area contributed by atoms with Crippen molar-refractivity contribution in [2.24, 2.45) is 5.92 Å². The van der Waals surface area contributed by atoms with Gasteiger partial charge in [0, 0.05) is 28.6 Å². The maximum atomic E-state index is 12.8. The number of nitrogens with zero attached hydrogens (tertiary/aromatic N) is 2. The first-order chi connectivity index (χ1) is 15.7. The molecule has 3 unspecified atom stereocenters. The van der Waals surface area contributed by atoms with Crippen LogP contribution in [0.5, 0.6) is 5.75 Å². The van der Waals surface area contributed by atoms with Crippen molar-refractivity contribution in [1.82, 2.24) is 20.6 Å². The fraction of sp³-hybridized carbons (Fsp3) is 0.455. The molecule has 3 saturated carbocycles. The number of benzene rings is 1. The second-order valence-corrected chi connectivity index (χ2v) is 9.33. The van der Waals surface area contributed by atoms with Gasteiger partial charge in [-0.05, 0) is 43.4 Å². The topological polar surface area (TPSA) is 113 Å². The summed E-state index contributed by atoms with van der Waals surface area (Å²) < 4.78 is 31.0. The van der Waals surface area contributed by atoms with Crippen LogP contribution in [0, 0.1) is 5.92 Å². The second-order valence-electron chi connectivity index (χ2n) is 8.89. The van der Waals surface area contributed by atoms with Gasteiger partial charge in [-0.15, -0.1) is 0 Å². The number of carbonyl (C=O) groups is 2. The zero-order chi connectivity index (χ0) is 23.3. The monoisotopic (exact) mass is 478 g/mol. The van der Waals surface area contributed by atoms with Gasteiger partial charge in [0.2, 0.25) is 0 Å². The number of aliphatic hydroxyl groups excluding tert-OH is 1. The van der Waals surface area contributed by atoms with Gasteiger partial charge in [0.05, 0.1) is 18.5 Å². The number of aromatic nitrogens is 2. The first-order valence-electron chi connectivity index (χ1n) is 10.6. The Bertz CT molecular complexity index is 1090. The van der Waals surface area contributed by atoms with Gasteiger partial charge in [0.25, 0.3) is 18.2 Å². The van der Waals surface area contributed by atoms with Crippen LogP contribution in [0.15, 0.2) is 30.6 Å². The van der Waals surface area contributed by atoms with E-state index in [-0.39, 0.29) is 30.0 Å². The number of alkyl halides is 2. The Morgan fingerprint density at radius 1 is 1.21 bits per heavy atom. The minimum Gasteiger partial charge on any atom is -0.480 e. The van der Waals surface area contributed by atoms with Crippen molar-refractivity contribution < 1.29 is 28.2 Å². The van der Waals surface area contributed by atoms with Crippen LogP contribution in [0.25, 0.3) is 0 Å². The van der Waals surface area contributed by atoms with Gasteiger partial charge in [0.15, 0.2) is 6.10 Å². The molecular formula is C22H21ClF2N4O4. The molecule has 2 bridgehead atoms. The summed E-state index contributed by atoms with van der Waals surface area (Å²) in [5.74, 6) is -0.164. The number of hydrogen-bond acceptors (Lipinski definition) is 6. The number of aliphatic hydroxyl groups is 1. The highest BCUT2D eigenvalue weighted by atomic mass is 35.5. The molecule has 33 heavy (non-hydrogen) atoms. The lowest BCUT2D eigenvalue weighted by atomic mass is 9.76. The summed E-state index contributed by atoms with van der Waals surface area (Å²) in [7, 11) is 0. The molecule has 3 atom stereocenters. The van der Waals surface area contributed by atoms with Crippen molar-refractivity contribution in [2.45, 2.75) is 55.9 Å². The fourth-order valence-electron chi connectivity index (χ4n) is 5.03. The molecule has 6 rings (SSSR count). The van der Waals surface area contributed by atoms with Crippen LogP contribution in [-0.4, -0.2) is 44.6 Å². The molecule has 2 aromatic rings. The van der Waals surface area contributed by atoms with E-state index < -0.39 is 35.8 Å². The van der Waals surface area contributed by atoms with Crippen molar-refractivity contribution in [2.75, 3.05) is 0 Å². The number of rotatable bonds is 5. The van der Waals surface area contributed by atoms with E-state index >= 15 is 0 Å². The maximum Gasteiger partial charge on any atom is 0.281 e. The van der Waals surface area contributed by atoms with Crippen molar-refractivity contribution in [3.63, 3.8) is 0 Å². The highest BCUT2D eigenvalue weighted by molar-refractivity contribution is 6.30. The molecule has 3 aliphatic carbocycles. The standard InChI is InChI=1S/C22H21ClF2N4O4/c23-11-1-2-17-12(3-11)16(30)4-18(33-17)21(32)28-13-7-22(5-10(13)6-22)29-20(31)15-9-26-14(8-27-15)19(24)25/h1-3,8-10,13,16,18-19,30H,4-7H2,(H,28,32)(H,29,31). The quantitative estimate of drug-likeness (QED) is 0.609. The average molecular weight is 479 g/mol. The van der Waals surface area contributed by atoms with Crippen LogP contribution >= 0.6 is 11.6 Å². The van der Waals surface area contributed by atoms with Crippen LogP contribution in [0.4, 0.5) is 8.78 Å². The van der Waals surface area contributed by atoms with E-state index in [0.29, 0.717) is 35.6 Å². The molecule has 0 radical (unpaired) electrons. The Kier molecular flexibility index (Phi) is 5.44. The molecule has 174 valence electrons. The minimum atomic E-state index is -2.75. The number of hydrogen-bond donors (Lipinski definition) is 3. The number of fused-ring (bicyclic) bond motifs is 2. The molecule has 11 heteroatoms. The minimum absolute atomic E-state index is 0.0342. The van der Waals surface area contributed by atoms with E-state index in [0.717, 1.165) is 12.4 Å². The fourth-order valence-corrected chi connectivity index (χ4v) is 5.21. The molecule has 8 nitrogen and oxygen atoms in total. The maximum absolute atomic E-state index is 12.8. The third kappa shape index (κ3) is 4.13. The van der Waals surface area contributed by atoms with Gasteiger partial charge >= 0.3 is 0 Å². The lowest BCUT2D eigenvalue weighted by molar-refractivity contribution is -0.131. The van der Waals surface area contributed by atoms with Gasteiger partial charge < -0.3 is 20.5 Å². The summed E-state index contributed by atoms with van der Waals surface area (Å²) in [4.78, 5) is 32.7. The van der Waals surface area contributed by atoms with E-state index in [1.807, 2.05) is 0 Å². The molecule has 3 fully saturated rings. The highest BCUT2D eigenvalue weighted by Gasteiger charge is 2.57. The molecule has 3 N–H and O–H groups in total. The van der Waals surface area contributed by atoms with Crippen LogP contribution in [0.3, 0.4) is 0 Å². The third-order valence-electron chi connectivity index (χ3n) is 6.65. The molecule has 1 aromatic carbocycles. The van der Waals surface area contributed by atoms with Crippen molar-refractivity contribution >= 4 is 23.4 Å². The molecule has 1 aromatic heterocycles. The first kappa shape index (κ1) is 22.0. The number of carbonyl (C=O) groups excluding carboxylic acids is 2. The lowest BCUT2D eigenvalue weighted by Gasteiger charge is -2.39. The summed E-state index contributed by atoms with van der Waals surface area (Å²) in [6, 6.07) is 4.75. The van der Waals surface area contributed by atoms with Crippen LogP contribution in [-0.2, 0) is 4.79 Å². The molecular weight excluding hydrogens is 458 g/mol. The van der Waals surface area contributed by atoms with E-state index in [1.165, 1.54) is 0 Å².